The molecule has 1 unspecified atom stereocenters. The fourth-order valence-corrected chi connectivity index (χ4v) is 2.55. The Morgan fingerprint density at radius 3 is 2.09 bits per heavy atom. The van der Waals surface area contributed by atoms with Gasteiger partial charge in [-0.05, 0) is 41.5 Å². The number of aromatic nitrogens is 1. The standard InChI is InChI=1S/C19H23NO2/c1-18(2,3)15-7-9-16(10-8-15)19(4,17(21)22)12-14-6-5-11-20-13-14/h5-11,13H,12H2,1-4H3,(H,21,22). The van der Waals surface area contributed by atoms with Gasteiger partial charge in [-0.3, -0.25) is 9.78 Å². The highest BCUT2D eigenvalue weighted by atomic mass is 16.4. The Morgan fingerprint density at radius 2 is 1.64 bits per heavy atom. The van der Waals surface area contributed by atoms with E-state index < -0.39 is 11.4 Å². The largest absolute Gasteiger partial charge is 0.481 e. The summed E-state index contributed by atoms with van der Waals surface area (Å²) in [4.78, 5) is 16.0. The number of hydrogen-bond acceptors (Lipinski definition) is 2. The number of pyridine rings is 1. The summed E-state index contributed by atoms with van der Waals surface area (Å²) in [6, 6.07) is 11.7. The van der Waals surface area contributed by atoms with Crippen molar-refractivity contribution in [3.63, 3.8) is 0 Å². The van der Waals surface area contributed by atoms with Gasteiger partial charge in [-0.2, -0.15) is 0 Å². The van der Waals surface area contributed by atoms with Gasteiger partial charge in [0.25, 0.3) is 0 Å². The van der Waals surface area contributed by atoms with E-state index in [9.17, 15) is 9.90 Å². The van der Waals surface area contributed by atoms with Crippen LogP contribution in [-0.4, -0.2) is 16.1 Å². The van der Waals surface area contributed by atoms with Crippen LogP contribution in [0.2, 0.25) is 0 Å². The predicted octanol–water partition coefficient (Wildman–Crippen LogP) is 3.96. The zero-order chi connectivity index (χ0) is 16.4. The van der Waals surface area contributed by atoms with Crippen LogP contribution in [0.1, 0.15) is 44.4 Å². The van der Waals surface area contributed by atoms with Crippen molar-refractivity contribution in [1.29, 1.82) is 0 Å². The number of nitrogens with zero attached hydrogens (tertiary/aromatic N) is 1. The Kier molecular flexibility index (Phi) is 4.36. The average molecular weight is 297 g/mol. The van der Waals surface area contributed by atoms with E-state index in [1.54, 1.807) is 19.3 Å². The quantitative estimate of drug-likeness (QED) is 0.929. The molecule has 3 heteroatoms. The topological polar surface area (TPSA) is 50.2 Å². The second-order valence-electron chi connectivity index (χ2n) is 7.00. The summed E-state index contributed by atoms with van der Waals surface area (Å²) in [5, 5.41) is 9.76. The van der Waals surface area contributed by atoms with Crippen molar-refractivity contribution in [2.45, 2.75) is 44.9 Å². The molecule has 0 amide bonds. The van der Waals surface area contributed by atoms with Gasteiger partial charge in [0.1, 0.15) is 0 Å². The SMILES string of the molecule is CC(C)(C)c1ccc(C(C)(Cc2cccnc2)C(=O)O)cc1. The molecule has 0 saturated carbocycles. The first kappa shape index (κ1) is 16.2. The number of hydrogen-bond donors (Lipinski definition) is 1. The third-order valence-electron chi connectivity index (χ3n) is 4.14. The van der Waals surface area contributed by atoms with Crippen molar-refractivity contribution in [2.24, 2.45) is 0 Å². The number of rotatable bonds is 4. The fraction of sp³-hybridized carbons (Fsp3) is 0.368. The number of carboxylic acid groups (broad SMARTS) is 1. The lowest BCUT2D eigenvalue weighted by Crippen LogP contribution is -2.35. The molecule has 2 aromatic rings. The predicted molar refractivity (Wildman–Crippen MR) is 88.1 cm³/mol. The summed E-state index contributed by atoms with van der Waals surface area (Å²) < 4.78 is 0. The van der Waals surface area contributed by atoms with Crippen LogP contribution in [0, 0.1) is 0 Å². The first-order valence-corrected chi connectivity index (χ1v) is 7.47. The van der Waals surface area contributed by atoms with Crippen LogP contribution in [0.3, 0.4) is 0 Å². The van der Waals surface area contributed by atoms with Crippen LogP contribution < -0.4 is 0 Å². The molecule has 116 valence electrons. The maximum atomic E-state index is 11.9. The monoisotopic (exact) mass is 297 g/mol. The second kappa shape index (κ2) is 5.91. The summed E-state index contributed by atoms with van der Waals surface area (Å²) in [5.41, 5.74) is 2.04. The second-order valence-corrected chi connectivity index (χ2v) is 7.00. The highest BCUT2D eigenvalue weighted by Crippen LogP contribution is 2.31. The number of benzene rings is 1. The number of carboxylic acids is 1. The fourth-order valence-electron chi connectivity index (χ4n) is 2.55. The highest BCUT2D eigenvalue weighted by Gasteiger charge is 2.35. The molecule has 0 radical (unpaired) electrons. The van der Waals surface area contributed by atoms with E-state index >= 15 is 0 Å². The molecule has 0 aliphatic heterocycles. The van der Waals surface area contributed by atoms with Crippen molar-refractivity contribution in [2.75, 3.05) is 0 Å². The van der Waals surface area contributed by atoms with E-state index in [2.05, 4.69) is 25.8 Å². The molecule has 3 nitrogen and oxygen atoms in total. The van der Waals surface area contributed by atoms with E-state index in [4.69, 9.17) is 0 Å². The Bertz CT molecular complexity index is 641. The van der Waals surface area contributed by atoms with Gasteiger partial charge in [0.2, 0.25) is 0 Å². The van der Waals surface area contributed by atoms with E-state index in [1.165, 1.54) is 5.56 Å². The number of carbonyl (C=O) groups is 1. The molecule has 1 aromatic carbocycles. The van der Waals surface area contributed by atoms with Gasteiger partial charge in [-0.25, -0.2) is 0 Å². The Labute approximate surface area is 132 Å². The molecule has 0 spiro atoms. The van der Waals surface area contributed by atoms with Gasteiger partial charge < -0.3 is 5.11 Å². The molecular weight excluding hydrogens is 274 g/mol. The zero-order valence-corrected chi connectivity index (χ0v) is 13.6. The van der Waals surface area contributed by atoms with Crippen LogP contribution in [0.4, 0.5) is 0 Å². The molecule has 0 aliphatic rings. The van der Waals surface area contributed by atoms with E-state index in [1.807, 2.05) is 36.4 Å². The maximum Gasteiger partial charge on any atom is 0.314 e. The van der Waals surface area contributed by atoms with Crippen molar-refractivity contribution >= 4 is 5.97 Å². The highest BCUT2D eigenvalue weighted by molar-refractivity contribution is 5.81. The molecule has 22 heavy (non-hydrogen) atoms. The van der Waals surface area contributed by atoms with Crippen LogP contribution >= 0.6 is 0 Å². The Morgan fingerprint density at radius 1 is 1.05 bits per heavy atom. The summed E-state index contributed by atoms with van der Waals surface area (Å²) in [5.74, 6) is -0.820. The lowest BCUT2D eigenvalue weighted by molar-refractivity contribution is -0.143. The summed E-state index contributed by atoms with van der Waals surface area (Å²) >= 11 is 0. The maximum absolute atomic E-state index is 11.9. The average Bonchev–Trinajstić information content (AvgIpc) is 2.47. The van der Waals surface area contributed by atoms with E-state index in [0.29, 0.717) is 6.42 Å². The van der Waals surface area contributed by atoms with Crippen molar-refractivity contribution < 1.29 is 9.90 Å². The molecule has 0 fully saturated rings. The number of aliphatic carboxylic acids is 1. The third-order valence-corrected chi connectivity index (χ3v) is 4.14. The lowest BCUT2D eigenvalue weighted by atomic mass is 9.76. The molecule has 2 rings (SSSR count). The Hall–Kier alpha value is -2.16. The van der Waals surface area contributed by atoms with Crippen molar-refractivity contribution in [1.82, 2.24) is 4.98 Å². The van der Waals surface area contributed by atoms with Gasteiger partial charge in [-0.1, -0.05) is 51.1 Å². The summed E-state index contributed by atoms with van der Waals surface area (Å²) in [6.45, 7) is 8.21. The molecule has 0 aliphatic carbocycles. The van der Waals surface area contributed by atoms with Crippen LogP contribution in [-0.2, 0) is 22.0 Å². The normalized spacial score (nSPS) is 14.4. The first-order valence-electron chi connectivity index (χ1n) is 7.47. The molecule has 1 aromatic heterocycles. The van der Waals surface area contributed by atoms with Gasteiger partial charge in [-0.15, -0.1) is 0 Å². The minimum atomic E-state index is -0.959. The zero-order valence-electron chi connectivity index (χ0n) is 13.6. The van der Waals surface area contributed by atoms with Gasteiger partial charge in [0, 0.05) is 12.4 Å². The van der Waals surface area contributed by atoms with Crippen molar-refractivity contribution in [3.05, 3.63) is 65.5 Å². The molecule has 1 N–H and O–H groups in total. The Balaban J connectivity index is 2.37. The van der Waals surface area contributed by atoms with E-state index in [-0.39, 0.29) is 5.41 Å². The van der Waals surface area contributed by atoms with Gasteiger partial charge in [0.05, 0.1) is 5.41 Å². The molecule has 1 heterocycles. The minimum Gasteiger partial charge on any atom is -0.481 e. The first-order chi connectivity index (χ1) is 10.2. The minimum absolute atomic E-state index is 0.0570. The van der Waals surface area contributed by atoms with Gasteiger partial charge >= 0.3 is 5.97 Å². The molecule has 0 saturated heterocycles. The molecule has 0 bridgehead atoms. The lowest BCUT2D eigenvalue weighted by Gasteiger charge is -2.27. The van der Waals surface area contributed by atoms with Crippen LogP contribution in [0.15, 0.2) is 48.8 Å². The van der Waals surface area contributed by atoms with Crippen LogP contribution in [0.5, 0.6) is 0 Å². The van der Waals surface area contributed by atoms with Crippen molar-refractivity contribution in [3.8, 4) is 0 Å². The van der Waals surface area contributed by atoms with Crippen LogP contribution in [0.25, 0.3) is 0 Å². The molecule has 1 atom stereocenters. The summed E-state index contributed by atoms with van der Waals surface area (Å²) in [7, 11) is 0. The smallest absolute Gasteiger partial charge is 0.314 e. The third kappa shape index (κ3) is 3.35. The van der Waals surface area contributed by atoms with Gasteiger partial charge in [0.15, 0.2) is 0 Å². The molecular formula is C19H23NO2. The van der Waals surface area contributed by atoms with E-state index in [0.717, 1.165) is 11.1 Å². The summed E-state index contributed by atoms with van der Waals surface area (Å²) in [6.07, 6.45) is 3.84.